The van der Waals surface area contributed by atoms with Crippen molar-refractivity contribution in [1.82, 2.24) is 29.9 Å². The molecule has 0 saturated carbocycles. The van der Waals surface area contributed by atoms with Crippen LogP contribution in [0.2, 0.25) is 0 Å². The van der Waals surface area contributed by atoms with E-state index in [1.54, 1.807) is 19.1 Å². The topological polar surface area (TPSA) is 143 Å². The van der Waals surface area contributed by atoms with Gasteiger partial charge in [-0.15, -0.1) is 10.2 Å². The molecule has 0 fully saturated rings. The summed E-state index contributed by atoms with van der Waals surface area (Å²) in [4.78, 5) is 35.6. The van der Waals surface area contributed by atoms with Crippen molar-refractivity contribution >= 4 is 11.9 Å². The molecule has 1 aliphatic rings. The van der Waals surface area contributed by atoms with Gasteiger partial charge >= 0.3 is 18.3 Å². The van der Waals surface area contributed by atoms with Crippen LogP contribution in [0.5, 0.6) is 5.75 Å². The van der Waals surface area contributed by atoms with Crippen LogP contribution in [0.15, 0.2) is 23.0 Å². The van der Waals surface area contributed by atoms with Crippen LogP contribution in [0.3, 0.4) is 0 Å². The summed E-state index contributed by atoms with van der Waals surface area (Å²) in [5.41, 5.74) is 2.81. The lowest BCUT2D eigenvalue weighted by molar-refractivity contribution is -0.192. The van der Waals surface area contributed by atoms with E-state index in [1.807, 2.05) is 26.8 Å². The number of benzene rings is 1. The number of ether oxygens (including phenoxy) is 1. The minimum absolute atomic E-state index is 0.0667. The number of alkyl halides is 6. The van der Waals surface area contributed by atoms with Gasteiger partial charge in [0.2, 0.25) is 5.82 Å². The summed E-state index contributed by atoms with van der Waals surface area (Å²) in [7, 11) is 0. The molecule has 0 saturated heterocycles. The molecule has 2 N–H and O–H groups in total. The van der Waals surface area contributed by atoms with Crippen molar-refractivity contribution in [3.8, 4) is 5.75 Å². The lowest BCUT2D eigenvalue weighted by Gasteiger charge is -2.29. The number of aliphatic carboxylic acids is 1. The molecule has 3 heterocycles. The zero-order valence-electron chi connectivity index (χ0n) is 22.7. The first kappa shape index (κ1) is 32.1. The average molecular weight is 605 g/mol. The molecular formula is C25H26F6N6O5. The van der Waals surface area contributed by atoms with Crippen LogP contribution in [-0.2, 0) is 30.5 Å². The first-order chi connectivity index (χ1) is 19.4. The second-order valence-electron chi connectivity index (χ2n) is 9.54. The Balaban J connectivity index is 0.000000616. The van der Waals surface area contributed by atoms with E-state index in [9.17, 15) is 35.9 Å². The smallest absolute Gasteiger partial charge is 0.490 e. The van der Waals surface area contributed by atoms with E-state index in [0.29, 0.717) is 29.0 Å². The van der Waals surface area contributed by atoms with Crippen LogP contribution in [0.4, 0.5) is 26.3 Å². The largest absolute Gasteiger partial charge is 0.490 e. The van der Waals surface area contributed by atoms with Gasteiger partial charge < -0.3 is 19.3 Å². The van der Waals surface area contributed by atoms with Crippen LogP contribution in [-0.4, -0.2) is 65.7 Å². The minimum atomic E-state index is -5.08. The van der Waals surface area contributed by atoms with Gasteiger partial charge in [0, 0.05) is 25.1 Å². The molecule has 11 nitrogen and oxygen atoms in total. The SMILES string of the molecule is Cc1c(Cc2ccc(OC(C)C)c(C(=O)N3CCn4c(nnc4C(F)(F)F)C3)c2)n[nH]c(=O)c1C.O=C(O)C(F)(F)F. The lowest BCUT2D eigenvalue weighted by atomic mass is 10.0. The van der Waals surface area contributed by atoms with E-state index in [4.69, 9.17) is 14.6 Å². The molecular weight excluding hydrogens is 578 g/mol. The van der Waals surface area contributed by atoms with Crippen molar-refractivity contribution in [2.75, 3.05) is 6.54 Å². The Kier molecular flexibility index (Phi) is 9.32. The van der Waals surface area contributed by atoms with E-state index in [-0.39, 0.29) is 43.0 Å². The third kappa shape index (κ3) is 7.44. The number of halogens is 6. The van der Waals surface area contributed by atoms with Crippen molar-refractivity contribution < 1.29 is 45.8 Å². The molecule has 1 amide bonds. The second kappa shape index (κ2) is 12.2. The summed E-state index contributed by atoms with van der Waals surface area (Å²) in [6, 6.07) is 5.21. The number of hydrogen-bond acceptors (Lipinski definition) is 7. The van der Waals surface area contributed by atoms with Crippen molar-refractivity contribution in [3.63, 3.8) is 0 Å². The minimum Gasteiger partial charge on any atom is -0.490 e. The van der Waals surface area contributed by atoms with Crippen molar-refractivity contribution in [2.45, 2.75) is 65.7 Å². The zero-order chi connectivity index (χ0) is 31.6. The maximum absolute atomic E-state index is 13.5. The van der Waals surface area contributed by atoms with Gasteiger partial charge in [0.15, 0.2) is 5.82 Å². The number of nitrogens with zero attached hydrogens (tertiary/aromatic N) is 5. The molecule has 228 valence electrons. The fourth-order valence-electron chi connectivity index (χ4n) is 3.96. The highest BCUT2D eigenvalue weighted by atomic mass is 19.4. The molecule has 1 aromatic carbocycles. The fourth-order valence-corrected chi connectivity index (χ4v) is 3.96. The van der Waals surface area contributed by atoms with Gasteiger partial charge in [-0.05, 0) is 51.0 Å². The van der Waals surface area contributed by atoms with Gasteiger partial charge in [-0.1, -0.05) is 6.07 Å². The summed E-state index contributed by atoms with van der Waals surface area (Å²) in [5.74, 6) is -3.76. The first-order valence-electron chi connectivity index (χ1n) is 12.3. The van der Waals surface area contributed by atoms with Gasteiger partial charge in [-0.2, -0.15) is 31.4 Å². The average Bonchev–Trinajstić information content (AvgIpc) is 3.33. The van der Waals surface area contributed by atoms with E-state index in [2.05, 4.69) is 20.4 Å². The molecule has 0 atom stereocenters. The summed E-state index contributed by atoms with van der Waals surface area (Å²) < 4.78 is 78.1. The summed E-state index contributed by atoms with van der Waals surface area (Å²) in [6.45, 7) is 7.09. The van der Waals surface area contributed by atoms with Crippen LogP contribution < -0.4 is 10.3 Å². The van der Waals surface area contributed by atoms with Crippen LogP contribution in [0.25, 0.3) is 0 Å². The number of aromatic nitrogens is 5. The number of carboxylic acids is 1. The molecule has 4 rings (SSSR count). The van der Waals surface area contributed by atoms with Crippen LogP contribution in [0.1, 0.15) is 58.2 Å². The third-order valence-corrected chi connectivity index (χ3v) is 6.17. The Bertz CT molecular complexity index is 1530. The predicted octanol–water partition coefficient (Wildman–Crippen LogP) is 3.66. The fraction of sp³-hybridized carbons (Fsp3) is 0.440. The zero-order valence-corrected chi connectivity index (χ0v) is 22.7. The summed E-state index contributed by atoms with van der Waals surface area (Å²) >= 11 is 0. The Hall–Kier alpha value is -4.44. The Morgan fingerprint density at radius 1 is 1.07 bits per heavy atom. The number of aromatic amines is 1. The molecule has 0 radical (unpaired) electrons. The number of rotatable bonds is 5. The molecule has 0 bridgehead atoms. The molecule has 2 aromatic heterocycles. The van der Waals surface area contributed by atoms with Gasteiger partial charge in [0.25, 0.3) is 11.5 Å². The standard InChI is InChI=1S/C23H25F3N6O3.C2HF3O2/c1-12(2)35-18-6-5-15(10-17-13(3)14(4)20(33)29-27-17)9-16(18)21(34)31-7-8-32-19(11-31)28-30-22(32)23(24,25)26;3-2(4,5)1(6)7/h5-6,9,12H,7-8,10-11H2,1-4H3,(H,29,33);(H,6,7). The maximum Gasteiger partial charge on any atom is 0.490 e. The number of nitrogens with one attached hydrogen (secondary N) is 1. The molecule has 0 aliphatic carbocycles. The summed E-state index contributed by atoms with van der Waals surface area (Å²) in [5, 5.41) is 20.7. The number of fused-ring (bicyclic) bond motifs is 1. The number of carbonyl (C=O) groups is 2. The van der Waals surface area contributed by atoms with E-state index in [1.165, 1.54) is 4.90 Å². The Morgan fingerprint density at radius 3 is 2.29 bits per heavy atom. The molecule has 0 unspecified atom stereocenters. The summed E-state index contributed by atoms with van der Waals surface area (Å²) in [6.07, 6.45) is -9.53. The highest BCUT2D eigenvalue weighted by molar-refractivity contribution is 5.97. The highest BCUT2D eigenvalue weighted by Gasteiger charge is 2.40. The van der Waals surface area contributed by atoms with Crippen LogP contribution >= 0.6 is 0 Å². The number of amides is 1. The number of carboxylic acid groups (broad SMARTS) is 1. The molecule has 42 heavy (non-hydrogen) atoms. The number of carbonyl (C=O) groups excluding carboxylic acids is 1. The van der Waals surface area contributed by atoms with Gasteiger partial charge in [0.05, 0.1) is 23.9 Å². The van der Waals surface area contributed by atoms with E-state index < -0.39 is 24.1 Å². The predicted molar refractivity (Wildman–Crippen MR) is 133 cm³/mol. The highest BCUT2D eigenvalue weighted by Crippen LogP contribution is 2.31. The van der Waals surface area contributed by atoms with Gasteiger partial charge in [-0.3, -0.25) is 9.59 Å². The normalized spacial score (nSPS) is 13.4. The van der Waals surface area contributed by atoms with Crippen molar-refractivity contribution in [1.29, 1.82) is 0 Å². The van der Waals surface area contributed by atoms with E-state index >= 15 is 0 Å². The lowest BCUT2D eigenvalue weighted by Crippen LogP contribution is -2.39. The van der Waals surface area contributed by atoms with E-state index in [0.717, 1.165) is 15.7 Å². The Morgan fingerprint density at radius 2 is 1.71 bits per heavy atom. The van der Waals surface area contributed by atoms with Crippen LogP contribution in [0, 0.1) is 13.8 Å². The second-order valence-corrected chi connectivity index (χ2v) is 9.54. The molecule has 0 spiro atoms. The number of hydrogen-bond donors (Lipinski definition) is 2. The van der Waals surface area contributed by atoms with Crippen molar-refractivity contribution in [3.05, 3.63) is 68.1 Å². The Labute approximate surface area is 234 Å². The third-order valence-electron chi connectivity index (χ3n) is 6.17. The molecule has 17 heteroatoms. The quantitative estimate of drug-likeness (QED) is 0.420. The molecule has 1 aliphatic heterocycles. The monoisotopic (exact) mass is 604 g/mol. The van der Waals surface area contributed by atoms with Gasteiger partial charge in [-0.25, -0.2) is 9.89 Å². The number of H-pyrrole nitrogens is 1. The van der Waals surface area contributed by atoms with Crippen molar-refractivity contribution in [2.24, 2.45) is 0 Å². The van der Waals surface area contributed by atoms with Gasteiger partial charge in [0.1, 0.15) is 5.75 Å². The maximum atomic E-state index is 13.5. The first-order valence-corrected chi connectivity index (χ1v) is 12.3. The molecule has 3 aromatic rings.